The summed E-state index contributed by atoms with van der Waals surface area (Å²) in [5.41, 5.74) is 4.32. The van der Waals surface area contributed by atoms with Gasteiger partial charge in [0.15, 0.2) is 0 Å². The van der Waals surface area contributed by atoms with E-state index in [1.807, 2.05) is 6.07 Å². The van der Waals surface area contributed by atoms with Gasteiger partial charge in [0.25, 0.3) is 0 Å². The summed E-state index contributed by atoms with van der Waals surface area (Å²) in [5, 5.41) is 12.3. The molecule has 2 nitrogen and oxygen atoms in total. The summed E-state index contributed by atoms with van der Waals surface area (Å²) in [4.78, 5) is 0. The Morgan fingerprint density at radius 2 is 1.90 bits per heavy atom. The van der Waals surface area contributed by atoms with Gasteiger partial charge in [-0.2, -0.15) is 0 Å². The summed E-state index contributed by atoms with van der Waals surface area (Å²) in [6.45, 7) is 0.205. The maximum atomic E-state index is 13.1. The molecule has 2 aromatic carbocycles. The third-order valence-corrected chi connectivity index (χ3v) is 4.56. The summed E-state index contributed by atoms with van der Waals surface area (Å²) in [5.74, 6) is -0.239. The molecule has 2 aromatic rings. The monoisotopic (exact) mass is 348 g/mol. The largest absolute Gasteiger partial charge is 0.396 e. The van der Waals surface area contributed by atoms with Gasteiger partial charge >= 0.3 is 0 Å². The van der Waals surface area contributed by atoms with Crippen LogP contribution < -0.4 is 5.32 Å². The van der Waals surface area contributed by atoms with Gasteiger partial charge in [0.05, 0.1) is 0 Å². The van der Waals surface area contributed by atoms with Gasteiger partial charge in [-0.25, -0.2) is 4.39 Å². The van der Waals surface area contributed by atoms with E-state index in [0.717, 1.165) is 29.7 Å². The highest BCUT2D eigenvalue weighted by Crippen LogP contribution is 2.45. The molecule has 1 unspecified atom stereocenters. The highest BCUT2D eigenvalue weighted by Gasteiger charge is 2.36. The molecule has 21 heavy (non-hydrogen) atoms. The number of rotatable bonds is 4. The molecule has 0 saturated heterocycles. The minimum absolute atomic E-state index is 0.205. The number of aryl methyl sites for hydroxylation is 1. The first-order valence-corrected chi connectivity index (χ1v) is 7.73. The first-order valence-electron chi connectivity index (χ1n) is 6.93. The van der Waals surface area contributed by atoms with Crippen molar-refractivity contribution in [2.45, 2.75) is 17.3 Å². The van der Waals surface area contributed by atoms with Crippen LogP contribution >= 0.6 is 15.9 Å². The molecule has 1 aliphatic rings. The molecule has 0 aromatic heterocycles. The van der Waals surface area contributed by atoms with E-state index in [4.69, 9.17) is 5.11 Å². The highest BCUT2D eigenvalue weighted by molar-refractivity contribution is 9.09. The lowest BCUT2D eigenvalue weighted by Crippen LogP contribution is -2.23. The van der Waals surface area contributed by atoms with E-state index in [1.54, 1.807) is 12.1 Å². The second kappa shape index (κ2) is 5.78. The fourth-order valence-electron chi connectivity index (χ4n) is 2.58. The van der Waals surface area contributed by atoms with E-state index in [2.05, 4.69) is 39.8 Å². The topological polar surface area (TPSA) is 32.3 Å². The number of aliphatic hydroxyl groups excluding tert-OH is 1. The van der Waals surface area contributed by atoms with Crippen molar-refractivity contribution in [1.29, 1.82) is 0 Å². The molecule has 2 N–H and O–H groups in total. The van der Waals surface area contributed by atoms with Gasteiger partial charge in [0.1, 0.15) is 10.3 Å². The molecular formula is C17H16BrFNO. The van der Waals surface area contributed by atoms with Crippen molar-refractivity contribution < 1.29 is 9.50 Å². The van der Waals surface area contributed by atoms with E-state index < -0.39 is 4.45 Å². The van der Waals surface area contributed by atoms with Crippen molar-refractivity contribution in [2.75, 3.05) is 11.9 Å². The Morgan fingerprint density at radius 1 is 1.14 bits per heavy atom. The quantitative estimate of drug-likeness (QED) is 0.647. The number of anilines is 1. The number of aliphatic hydroxyl groups is 1. The molecule has 0 saturated carbocycles. The molecule has 1 heterocycles. The number of benzene rings is 2. The van der Waals surface area contributed by atoms with Crippen LogP contribution in [0.5, 0.6) is 0 Å². The van der Waals surface area contributed by atoms with Crippen LogP contribution in [-0.2, 0) is 10.9 Å². The van der Waals surface area contributed by atoms with Crippen LogP contribution in [0.1, 0.15) is 23.1 Å². The van der Waals surface area contributed by atoms with Gasteiger partial charge in [-0.1, -0.05) is 40.2 Å². The smallest absolute Gasteiger partial charge is 0.126 e. The zero-order chi connectivity index (χ0) is 14.9. The molecule has 0 fully saturated rings. The van der Waals surface area contributed by atoms with Crippen molar-refractivity contribution in [2.24, 2.45) is 0 Å². The molecule has 3 rings (SSSR count). The fraction of sp³-hybridized carbons (Fsp3) is 0.235. The van der Waals surface area contributed by atoms with Crippen molar-refractivity contribution in [3.63, 3.8) is 0 Å². The summed E-state index contributed by atoms with van der Waals surface area (Å²) < 4.78 is 12.6. The summed E-state index contributed by atoms with van der Waals surface area (Å²) >= 11 is 3.71. The number of fused-ring (bicyclic) bond motifs is 1. The number of alkyl halides is 1. The highest BCUT2D eigenvalue weighted by atomic mass is 79.9. The van der Waals surface area contributed by atoms with Gasteiger partial charge in [-0.05, 0) is 47.7 Å². The van der Waals surface area contributed by atoms with E-state index in [9.17, 15) is 4.39 Å². The lowest BCUT2D eigenvalue weighted by atomic mass is 10.0. The predicted octanol–water partition coefficient (Wildman–Crippen LogP) is 3.98. The van der Waals surface area contributed by atoms with Gasteiger partial charge in [-0.15, -0.1) is 0 Å². The minimum Gasteiger partial charge on any atom is -0.396 e. The average Bonchev–Trinajstić information content (AvgIpc) is 2.82. The number of halogens is 2. The van der Waals surface area contributed by atoms with E-state index in [1.165, 1.54) is 17.7 Å². The third kappa shape index (κ3) is 2.97. The first kappa shape index (κ1) is 14.5. The second-order valence-electron chi connectivity index (χ2n) is 5.24. The Kier molecular flexibility index (Phi) is 4.00. The molecule has 1 aliphatic heterocycles. The zero-order valence-electron chi connectivity index (χ0n) is 11.4. The van der Waals surface area contributed by atoms with Crippen molar-refractivity contribution in [1.82, 2.24) is 0 Å². The normalized spacial score (nSPS) is 20.1. The molecule has 1 atom stereocenters. The number of nitrogens with one attached hydrogen (secondary N) is 1. The fourth-order valence-corrected chi connectivity index (χ4v) is 3.30. The van der Waals surface area contributed by atoms with Gasteiger partial charge in [0.2, 0.25) is 0 Å². The standard InChI is InChI=1S/C17H16BrFNO/c18-17(14-4-6-15(19)7-5-14)11-13-10-12(2-1-9-21)3-8-16(13)20-17/h3-8,10-11,20-21H,1-2,9H2. The van der Waals surface area contributed by atoms with E-state index >= 15 is 0 Å². The molecule has 109 valence electrons. The van der Waals surface area contributed by atoms with Crippen molar-refractivity contribution in [3.8, 4) is 0 Å². The van der Waals surface area contributed by atoms with Gasteiger partial charge in [0, 0.05) is 18.7 Å². The Morgan fingerprint density at radius 3 is 2.62 bits per heavy atom. The Hall–Kier alpha value is -1.39. The van der Waals surface area contributed by atoms with Crippen molar-refractivity contribution in [3.05, 3.63) is 71.4 Å². The first-order chi connectivity index (χ1) is 10.1. The molecule has 0 amide bonds. The molecule has 0 aliphatic carbocycles. The maximum absolute atomic E-state index is 13.1. The average molecular weight is 349 g/mol. The summed E-state index contributed by atoms with van der Waals surface area (Å²) in [7, 11) is 0. The van der Waals surface area contributed by atoms with Crippen LogP contribution in [-0.4, -0.2) is 11.7 Å². The lowest BCUT2D eigenvalue weighted by Gasteiger charge is -2.23. The lowest BCUT2D eigenvalue weighted by molar-refractivity contribution is 0.288. The molecule has 4 heteroatoms. The zero-order valence-corrected chi connectivity index (χ0v) is 13.0. The van der Waals surface area contributed by atoms with Crippen LogP contribution in [0, 0.1) is 12.2 Å². The maximum Gasteiger partial charge on any atom is 0.126 e. The van der Waals surface area contributed by atoms with Gasteiger partial charge in [-0.3, -0.25) is 0 Å². The molecule has 1 radical (unpaired) electrons. The predicted molar refractivity (Wildman–Crippen MR) is 85.9 cm³/mol. The molecule has 0 spiro atoms. The summed E-state index contributed by atoms with van der Waals surface area (Å²) in [6, 6.07) is 12.7. The second-order valence-corrected chi connectivity index (χ2v) is 6.49. The molecular weight excluding hydrogens is 333 g/mol. The van der Waals surface area contributed by atoms with Crippen LogP contribution in [0.15, 0.2) is 42.5 Å². The Bertz CT molecular complexity index is 644. The van der Waals surface area contributed by atoms with Crippen LogP contribution in [0.2, 0.25) is 0 Å². The molecule has 0 bridgehead atoms. The Balaban J connectivity index is 1.84. The van der Waals surface area contributed by atoms with E-state index in [-0.39, 0.29) is 12.4 Å². The van der Waals surface area contributed by atoms with Gasteiger partial charge < -0.3 is 10.4 Å². The van der Waals surface area contributed by atoms with Crippen molar-refractivity contribution >= 4 is 21.6 Å². The number of hydrogen-bond acceptors (Lipinski definition) is 2. The number of hydrogen-bond donors (Lipinski definition) is 2. The van der Waals surface area contributed by atoms with Crippen LogP contribution in [0.3, 0.4) is 0 Å². The summed E-state index contributed by atoms with van der Waals surface area (Å²) in [6.07, 6.45) is 3.73. The van der Waals surface area contributed by atoms with Crippen LogP contribution in [0.25, 0.3) is 0 Å². The third-order valence-electron chi connectivity index (χ3n) is 3.67. The minimum atomic E-state index is -0.501. The SMILES string of the molecule is OCCCc1ccc2c(c1)[CH]C(Br)(c1ccc(F)cc1)N2. The van der Waals surface area contributed by atoms with Crippen LogP contribution in [0.4, 0.5) is 10.1 Å². The Labute approximate surface area is 132 Å². The van der Waals surface area contributed by atoms with E-state index in [0.29, 0.717) is 0 Å².